The summed E-state index contributed by atoms with van der Waals surface area (Å²) in [6.45, 7) is 4.62. The van der Waals surface area contributed by atoms with Gasteiger partial charge in [-0.1, -0.05) is 0 Å². The lowest BCUT2D eigenvalue weighted by molar-refractivity contribution is 0.171. The molecule has 1 aliphatic heterocycles. The van der Waals surface area contributed by atoms with Gasteiger partial charge in [0, 0.05) is 10.9 Å². The molecule has 6 nitrogen and oxygen atoms in total. The van der Waals surface area contributed by atoms with Crippen LogP contribution in [0.3, 0.4) is 0 Å². The Morgan fingerprint density at radius 2 is 1.90 bits per heavy atom. The van der Waals surface area contributed by atoms with Crippen LogP contribution in [0, 0.1) is 13.8 Å². The molecule has 2 heterocycles. The van der Waals surface area contributed by atoms with Crippen LogP contribution in [0.25, 0.3) is 0 Å². The first-order valence-electron chi connectivity index (χ1n) is 6.32. The molecule has 2 aromatic rings. The zero-order valence-electron chi connectivity index (χ0n) is 11.5. The lowest BCUT2D eigenvalue weighted by Gasteiger charge is -2.18. The van der Waals surface area contributed by atoms with Crippen molar-refractivity contribution in [2.45, 2.75) is 18.7 Å². The van der Waals surface area contributed by atoms with Crippen LogP contribution in [-0.4, -0.2) is 26.6 Å². The monoisotopic (exact) mass is 326 g/mol. The van der Waals surface area contributed by atoms with Crippen molar-refractivity contribution >= 4 is 26.5 Å². The van der Waals surface area contributed by atoms with Gasteiger partial charge in [-0.2, -0.15) is 0 Å². The van der Waals surface area contributed by atoms with Crippen LogP contribution >= 0.6 is 11.3 Å². The Kier molecular flexibility index (Phi) is 3.50. The van der Waals surface area contributed by atoms with E-state index in [2.05, 4.69) is 9.71 Å². The van der Waals surface area contributed by atoms with E-state index in [1.165, 1.54) is 23.5 Å². The molecule has 0 radical (unpaired) electrons. The number of fused-ring (bicyclic) bond motifs is 1. The summed E-state index contributed by atoms with van der Waals surface area (Å²) < 4.78 is 38.0. The molecule has 1 aliphatic rings. The highest BCUT2D eigenvalue weighted by atomic mass is 32.2. The van der Waals surface area contributed by atoms with E-state index in [4.69, 9.17) is 9.47 Å². The Hall–Kier alpha value is -1.80. The molecule has 3 rings (SSSR count). The number of anilines is 1. The van der Waals surface area contributed by atoms with Crippen LogP contribution in [0.4, 0.5) is 5.13 Å². The molecule has 0 saturated carbocycles. The first-order valence-corrected chi connectivity index (χ1v) is 8.62. The van der Waals surface area contributed by atoms with Crippen LogP contribution in [0.5, 0.6) is 11.5 Å². The summed E-state index contributed by atoms with van der Waals surface area (Å²) in [6, 6.07) is 4.55. The third-order valence-electron chi connectivity index (χ3n) is 3.07. The van der Waals surface area contributed by atoms with E-state index in [1.807, 2.05) is 13.8 Å². The molecule has 0 saturated heterocycles. The standard InChI is InChI=1S/C13H14N2O4S2/c1-8-9(2)20-13(14-8)15-21(16,17)10-3-4-11-12(7-10)19-6-5-18-11/h3-4,7H,5-6H2,1-2H3,(H,14,15). The largest absolute Gasteiger partial charge is 0.486 e. The van der Waals surface area contributed by atoms with Crippen molar-refractivity contribution in [1.29, 1.82) is 0 Å². The fourth-order valence-corrected chi connectivity index (χ4v) is 3.95. The van der Waals surface area contributed by atoms with Crippen LogP contribution < -0.4 is 14.2 Å². The fraction of sp³-hybridized carbons (Fsp3) is 0.308. The van der Waals surface area contributed by atoms with Crippen molar-refractivity contribution in [3.63, 3.8) is 0 Å². The molecule has 0 aliphatic carbocycles. The van der Waals surface area contributed by atoms with Gasteiger partial charge in [-0.3, -0.25) is 4.72 Å². The molecule has 0 amide bonds. The van der Waals surface area contributed by atoms with E-state index in [0.29, 0.717) is 29.8 Å². The number of hydrogen-bond donors (Lipinski definition) is 1. The number of hydrogen-bond acceptors (Lipinski definition) is 6. The first-order chi connectivity index (χ1) is 9.95. The van der Waals surface area contributed by atoms with E-state index < -0.39 is 10.0 Å². The minimum atomic E-state index is -3.69. The Bertz CT molecular complexity index is 764. The molecule has 0 fully saturated rings. The third-order valence-corrected chi connectivity index (χ3v) is 5.53. The van der Waals surface area contributed by atoms with Gasteiger partial charge in [0.1, 0.15) is 13.2 Å². The number of ether oxygens (including phenoxy) is 2. The second kappa shape index (κ2) is 5.19. The summed E-state index contributed by atoms with van der Waals surface area (Å²) >= 11 is 1.31. The smallest absolute Gasteiger partial charge is 0.263 e. The first kappa shape index (κ1) is 14.2. The van der Waals surface area contributed by atoms with Crippen molar-refractivity contribution in [2.24, 2.45) is 0 Å². The van der Waals surface area contributed by atoms with Gasteiger partial charge < -0.3 is 9.47 Å². The maximum absolute atomic E-state index is 12.4. The fourth-order valence-electron chi connectivity index (χ4n) is 1.88. The van der Waals surface area contributed by atoms with E-state index in [9.17, 15) is 8.42 Å². The molecule has 1 aromatic carbocycles. The molecule has 0 spiro atoms. The van der Waals surface area contributed by atoms with Gasteiger partial charge in [0.05, 0.1) is 10.6 Å². The van der Waals surface area contributed by atoms with Crippen molar-refractivity contribution < 1.29 is 17.9 Å². The molecule has 0 bridgehead atoms. The maximum Gasteiger partial charge on any atom is 0.263 e. The Morgan fingerprint density at radius 1 is 1.19 bits per heavy atom. The summed E-state index contributed by atoms with van der Waals surface area (Å²) in [5.41, 5.74) is 0.819. The number of aryl methyl sites for hydroxylation is 2. The average molecular weight is 326 g/mol. The molecule has 21 heavy (non-hydrogen) atoms. The van der Waals surface area contributed by atoms with Crippen molar-refractivity contribution in [2.75, 3.05) is 17.9 Å². The quantitative estimate of drug-likeness (QED) is 0.936. The number of nitrogens with one attached hydrogen (secondary N) is 1. The van der Waals surface area contributed by atoms with Crippen LogP contribution in [-0.2, 0) is 10.0 Å². The molecule has 0 atom stereocenters. The summed E-state index contributed by atoms with van der Waals surface area (Å²) in [4.78, 5) is 5.28. The molecule has 1 N–H and O–H groups in total. The summed E-state index contributed by atoms with van der Waals surface area (Å²) in [5.74, 6) is 0.997. The van der Waals surface area contributed by atoms with Crippen molar-refractivity contribution in [3.8, 4) is 11.5 Å². The molecule has 1 aromatic heterocycles. The highest BCUT2D eigenvalue weighted by Crippen LogP contribution is 2.33. The highest BCUT2D eigenvalue weighted by Gasteiger charge is 2.20. The second-order valence-electron chi connectivity index (χ2n) is 4.57. The molecule has 112 valence electrons. The molecule has 0 unspecified atom stereocenters. The van der Waals surface area contributed by atoms with Crippen molar-refractivity contribution in [3.05, 3.63) is 28.8 Å². The third kappa shape index (κ3) is 2.81. The Labute approximate surface area is 126 Å². The minimum Gasteiger partial charge on any atom is -0.486 e. The van der Waals surface area contributed by atoms with E-state index >= 15 is 0 Å². The van der Waals surface area contributed by atoms with E-state index in [1.54, 1.807) is 6.07 Å². The van der Waals surface area contributed by atoms with Crippen LogP contribution in [0.1, 0.15) is 10.6 Å². The zero-order valence-corrected chi connectivity index (χ0v) is 13.2. The Morgan fingerprint density at radius 3 is 2.57 bits per heavy atom. The minimum absolute atomic E-state index is 0.122. The van der Waals surface area contributed by atoms with Gasteiger partial charge >= 0.3 is 0 Å². The number of sulfonamides is 1. The van der Waals surface area contributed by atoms with Gasteiger partial charge in [0.2, 0.25) is 0 Å². The molecule has 8 heteroatoms. The van der Waals surface area contributed by atoms with Crippen molar-refractivity contribution in [1.82, 2.24) is 4.98 Å². The predicted molar refractivity (Wildman–Crippen MR) is 79.8 cm³/mol. The maximum atomic E-state index is 12.4. The summed E-state index contributed by atoms with van der Waals surface area (Å²) in [7, 11) is -3.69. The zero-order chi connectivity index (χ0) is 15.0. The SMILES string of the molecule is Cc1nc(NS(=O)(=O)c2ccc3c(c2)OCCO3)sc1C. The number of aromatic nitrogens is 1. The van der Waals surface area contributed by atoms with Gasteiger partial charge in [-0.15, -0.1) is 11.3 Å². The number of rotatable bonds is 3. The van der Waals surface area contributed by atoms with E-state index in [0.717, 1.165) is 10.6 Å². The highest BCUT2D eigenvalue weighted by molar-refractivity contribution is 7.93. The molecular weight excluding hydrogens is 312 g/mol. The number of nitrogens with zero attached hydrogens (tertiary/aromatic N) is 1. The van der Waals surface area contributed by atoms with E-state index in [-0.39, 0.29) is 4.90 Å². The Balaban J connectivity index is 1.91. The normalized spacial score (nSPS) is 14.0. The van der Waals surface area contributed by atoms with Gasteiger partial charge in [-0.25, -0.2) is 13.4 Å². The predicted octanol–water partition coefficient (Wildman–Crippen LogP) is 2.33. The van der Waals surface area contributed by atoms with Gasteiger partial charge in [0.25, 0.3) is 10.0 Å². The number of thiazole rings is 1. The lowest BCUT2D eigenvalue weighted by atomic mass is 10.3. The van der Waals surface area contributed by atoms with Gasteiger partial charge in [0.15, 0.2) is 16.6 Å². The summed E-state index contributed by atoms with van der Waals surface area (Å²) in [5, 5.41) is 0.361. The summed E-state index contributed by atoms with van der Waals surface area (Å²) in [6.07, 6.45) is 0. The van der Waals surface area contributed by atoms with Crippen LogP contribution in [0.15, 0.2) is 23.1 Å². The van der Waals surface area contributed by atoms with Gasteiger partial charge in [-0.05, 0) is 26.0 Å². The second-order valence-corrected chi connectivity index (χ2v) is 7.46. The number of benzene rings is 1. The average Bonchev–Trinajstić information content (AvgIpc) is 2.76. The molecular formula is C13H14N2O4S2. The topological polar surface area (TPSA) is 77.5 Å². The van der Waals surface area contributed by atoms with Crippen LogP contribution in [0.2, 0.25) is 0 Å². The lowest BCUT2D eigenvalue weighted by Crippen LogP contribution is -2.17.